The fraction of sp³-hybridized carbons (Fsp3) is 0.636. The van der Waals surface area contributed by atoms with Crippen LogP contribution in [0.25, 0.3) is 0 Å². The molecule has 3 amide bonds. The second-order valence-electron chi connectivity index (χ2n) is 8.16. The van der Waals surface area contributed by atoms with Crippen molar-refractivity contribution in [3.63, 3.8) is 0 Å². The van der Waals surface area contributed by atoms with Crippen LogP contribution in [-0.2, 0) is 4.79 Å². The molecule has 1 unspecified atom stereocenters. The molecule has 7 nitrogen and oxygen atoms in total. The van der Waals surface area contributed by atoms with E-state index >= 15 is 0 Å². The fourth-order valence-electron chi connectivity index (χ4n) is 4.56. The minimum Gasteiger partial charge on any atom is -0.359 e. The summed E-state index contributed by atoms with van der Waals surface area (Å²) in [7, 11) is 0. The number of rotatable bonds is 8. The lowest BCUT2D eigenvalue weighted by Gasteiger charge is -2.34. The number of likely N-dealkylation sites (tertiary alicyclic amines) is 1. The second-order valence-corrected chi connectivity index (χ2v) is 8.57. The van der Waals surface area contributed by atoms with Crippen LogP contribution in [0.3, 0.4) is 0 Å². The zero-order valence-corrected chi connectivity index (χ0v) is 18.8. The molecule has 2 fully saturated rings. The molecule has 8 heteroatoms. The smallest absolute Gasteiger partial charge is 0.319 e. The van der Waals surface area contributed by atoms with Gasteiger partial charge in [-0.2, -0.15) is 0 Å². The van der Waals surface area contributed by atoms with Crippen LogP contribution in [0.4, 0.5) is 16.2 Å². The molecule has 2 aliphatic heterocycles. The number of hydrogen-bond donors (Lipinski definition) is 3. The van der Waals surface area contributed by atoms with E-state index in [4.69, 9.17) is 11.6 Å². The Labute approximate surface area is 184 Å². The average Bonchev–Trinajstić information content (AvgIpc) is 3.25. The standard InChI is InChI=1S/C22H34ClN5O2/c1-3-16(4-2)20(27-10-5-6-11-27)14-25-22(30)26-17-7-8-19(18(23)13-17)28-12-9-24-21(29)15-28/h7-8,13,16,20H,3-6,9-12,14-15H2,1-2H3,(H,24,29)(H2,25,26,30). The van der Waals surface area contributed by atoms with Crippen LogP contribution in [0, 0.1) is 5.92 Å². The topological polar surface area (TPSA) is 76.7 Å². The summed E-state index contributed by atoms with van der Waals surface area (Å²) in [6, 6.07) is 5.58. The third-order valence-corrected chi connectivity index (χ3v) is 6.56. The highest BCUT2D eigenvalue weighted by molar-refractivity contribution is 6.33. The first kappa shape index (κ1) is 22.7. The first-order valence-electron chi connectivity index (χ1n) is 11.1. The molecule has 0 aliphatic carbocycles. The van der Waals surface area contributed by atoms with E-state index < -0.39 is 0 Å². The largest absolute Gasteiger partial charge is 0.359 e. The lowest BCUT2D eigenvalue weighted by Crippen LogP contribution is -2.48. The van der Waals surface area contributed by atoms with Crippen LogP contribution < -0.4 is 20.9 Å². The molecule has 0 radical (unpaired) electrons. The first-order valence-corrected chi connectivity index (χ1v) is 11.5. The Kier molecular flexibility index (Phi) is 8.22. The molecule has 2 heterocycles. The summed E-state index contributed by atoms with van der Waals surface area (Å²) in [5.74, 6) is 0.572. The Morgan fingerprint density at radius 2 is 1.93 bits per heavy atom. The molecular formula is C22H34ClN5O2. The van der Waals surface area contributed by atoms with E-state index in [2.05, 4.69) is 34.7 Å². The Morgan fingerprint density at radius 1 is 1.20 bits per heavy atom. The summed E-state index contributed by atoms with van der Waals surface area (Å²) in [6.45, 7) is 8.96. The van der Waals surface area contributed by atoms with Gasteiger partial charge in [-0.05, 0) is 50.0 Å². The van der Waals surface area contributed by atoms with Crippen molar-refractivity contribution >= 4 is 34.9 Å². The number of amides is 3. The number of urea groups is 1. The van der Waals surface area contributed by atoms with Crippen molar-refractivity contribution in [1.82, 2.24) is 15.5 Å². The zero-order chi connectivity index (χ0) is 21.5. The summed E-state index contributed by atoms with van der Waals surface area (Å²) in [6.07, 6.45) is 4.72. The number of nitrogens with zero attached hydrogens (tertiary/aromatic N) is 2. The van der Waals surface area contributed by atoms with Gasteiger partial charge < -0.3 is 20.9 Å². The molecule has 1 aromatic carbocycles. The third kappa shape index (κ3) is 5.79. The summed E-state index contributed by atoms with van der Waals surface area (Å²) in [4.78, 5) is 28.6. The van der Waals surface area contributed by atoms with Crippen molar-refractivity contribution in [3.8, 4) is 0 Å². The summed E-state index contributed by atoms with van der Waals surface area (Å²) < 4.78 is 0. The number of hydrogen-bond acceptors (Lipinski definition) is 4. The highest BCUT2D eigenvalue weighted by Crippen LogP contribution is 2.29. The molecule has 1 atom stereocenters. The van der Waals surface area contributed by atoms with Crippen LogP contribution in [0.1, 0.15) is 39.5 Å². The summed E-state index contributed by atoms with van der Waals surface area (Å²) in [5, 5.41) is 9.28. The number of carbonyl (C=O) groups excluding carboxylic acids is 2. The molecule has 2 aliphatic rings. The predicted molar refractivity (Wildman–Crippen MR) is 122 cm³/mol. The SMILES string of the molecule is CCC(CC)C(CNC(=O)Nc1ccc(N2CCNC(=O)C2)c(Cl)c1)N1CCCC1. The van der Waals surface area contributed by atoms with E-state index in [1.54, 1.807) is 6.07 Å². The first-order chi connectivity index (χ1) is 14.5. The molecule has 166 valence electrons. The maximum atomic E-state index is 12.5. The Balaban J connectivity index is 1.57. The van der Waals surface area contributed by atoms with E-state index in [1.807, 2.05) is 17.0 Å². The highest BCUT2D eigenvalue weighted by Gasteiger charge is 2.28. The maximum absolute atomic E-state index is 12.5. The van der Waals surface area contributed by atoms with Crippen LogP contribution in [0.15, 0.2) is 18.2 Å². The molecule has 0 bridgehead atoms. The molecular weight excluding hydrogens is 402 g/mol. The van der Waals surface area contributed by atoms with Crippen LogP contribution in [0.5, 0.6) is 0 Å². The number of halogens is 1. The lowest BCUT2D eigenvalue weighted by atomic mass is 9.93. The van der Waals surface area contributed by atoms with E-state index in [9.17, 15) is 9.59 Å². The van der Waals surface area contributed by atoms with Crippen LogP contribution in [-0.4, -0.2) is 62.1 Å². The van der Waals surface area contributed by atoms with E-state index in [0.717, 1.165) is 31.6 Å². The van der Waals surface area contributed by atoms with Crippen molar-refractivity contribution in [2.75, 3.05) is 49.5 Å². The normalized spacial score (nSPS) is 18.4. The van der Waals surface area contributed by atoms with Gasteiger partial charge in [0.15, 0.2) is 0 Å². The van der Waals surface area contributed by atoms with Crippen molar-refractivity contribution < 1.29 is 9.59 Å². The molecule has 0 spiro atoms. The molecule has 0 aromatic heterocycles. The third-order valence-electron chi connectivity index (χ3n) is 6.26. The molecule has 3 N–H and O–H groups in total. The summed E-state index contributed by atoms with van der Waals surface area (Å²) >= 11 is 6.43. The number of anilines is 2. The van der Waals surface area contributed by atoms with Crippen molar-refractivity contribution in [1.29, 1.82) is 0 Å². The predicted octanol–water partition coefficient (Wildman–Crippen LogP) is 3.30. The van der Waals surface area contributed by atoms with Crippen molar-refractivity contribution in [2.24, 2.45) is 5.92 Å². The van der Waals surface area contributed by atoms with Gasteiger partial charge in [0.1, 0.15) is 0 Å². The average molecular weight is 436 g/mol. The van der Waals surface area contributed by atoms with E-state index in [0.29, 0.717) is 48.8 Å². The lowest BCUT2D eigenvalue weighted by molar-refractivity contribution is -0.120. The highest BCUT2D eigenvalue weighted by atomic mass is 35.5. The van der Waals surface area contributed by atoms with Gasteiger partial charge in [-0.15, -0.1) is 0 Å². The van der Waals surface area contributed by atoms with E-state index in [-0.39, 0.29) is 11.9 Å². The van der Waals surface area contributed by atoms with Gasteiger partial charge in [-0.1, -0.05) is 38.3 Å². The molecule has 0 saturated carbocycles. The van der Waals surface area contributed by atoms with Gasteiger partial charge in [-0.25, -0.2) is 4.79 Å². The number of piperazine rings is 1. The minimum atomic E-state index is -0.216. The van der Waals surface area contributed by atoms with Crippen molar-refractivity contribution in [3.05, 3.63) is 23.2 Å². The number of benzene rings is 1. The number of carbonyl (C=O) groups is 2. The van der Waals surface area contributed by atoms with Crippen molar-refractivity contribution in [2.45, 2.75) is 45.6 Å². The minimum absolute atomic E-state index is 0.0103. The van der Waals surface area contributed by atoms with Gasteiger partial charge in [0.05, 0.1) is 17.3 Å². The number of nitrogens with one attached hydrogen (secondary N) is 3. The molecule has 30 heavy (non-hydrogen) atoms. The maximum Gasteiger partial charge on any atom is 0.319 e. The van der Waals surface area contributed by atoms with Gasteiger partial charge in [0.25, 0.3) is 0 Å². The Hall–Kier alpha value is -1.99. The Bertz CT molecular complexity index is 732. The molecule has 3 rings (SSSR count). The van der Waals surface area contributed by atoms with Gasteiger partial charge in [0, 0.05) is 31.4 Å². The van der Waals surface area contributed by atoms with Gasteiger partial charge in [-0.3, -0.25) is 9.69 Å². The molecule has 1 aromatic rings. The fourth-order valence-corrected chi connectivity index (χ4v) is 4.86. The Morgan fingerprint density at radius 3 is 2.57 bits per heavy atom. The quantitative estimate of drug-likeness (QED) is 0.585. The van der Waals surface area contributed by atoms with Crippen LogP contribution >= 0.6 is 11.6 Å². The monoisotopic (exact) mass is 435 g/mol. The van der Waals surface area contributed by atoms with Gasteiger partial charge in [0.2, 0.25) is 5.91 Å². The van der Waals surface area contributed by atoms with Crippen LogP contribution in [0.2, 0.25) is 5.02 Å². The van der Waals surface area contributed by atoms with E-state index in [1.165, 1.54) is 12.8 Å². The summed E-state index contributed by atoms with van der Waals surface area (Å²) in [5.41, 5.74) is 1.45. The second kappa shape index (κ2) is 10.9. The molecule has 2 saturated heterocycles. The van der Waals surface area contributed by atoms with Gasteiger partial charge >= 0.3 is 6.03 Å². The zero-order valence-electron chi connectivity index (χ0n) is 18.0.